The quantitative estimate of drug-likeness (QED) is 0.702. The largest absolute Gasteiger partial charge is 0.359 e. The molecule has 0 fully saturated rings. The number of nitrogens with one attached hydrogen (secondary N) is 1. The molecule has 0 radical (unpaired) electrons. The number of amides is 1. The van der Waals surface area contributed by atoms with Crippen LogP contribution in [0.3, 0.4) is 0 Å². The van der Waals surface area contributed by atoms with E-state index in [0.717, 1.165) is 16.7 Å². The minimum Gasteiger partial charge on any atom is -0.359 e. The van der Waals surface area contributed by atoms with Crippen LogP contribution in [0.5, 0.6) is 0 Å². The topological polar surface area (TPSA) is 51.2 Å². The third-order valence-corrected chi connectivity index (χ3v) is 4.15. The van der Waals surface area contributed by atoms with E-state index in [1.54, 1.807) is 12.4 Å². The monoisotopic (exact) mass is 346 g/mol. The lowest BCUT2D eigenvalue weighted by atomic mass is 10.0. The van der Waals surface area contributed by atoms with Crippen molar-refractivity contribution >= 4 is 5.91 Å². The first-order valence-electron chi connectivity index (χ1n) is 8.65. The van der Waals surface area contributed by atoms with E-state index in [1.807, 2.05) is 79.7 Å². The Kier molecular flexibility index (Phi) is 6.12. The van der Waals surface area contributed by atoms with Crippen LogP contribution >= 0.6 is 0 Å². The first kappa shape index (κ1) is 17.8. The summed E-state index contributed by atoms with van der Waals surface area (Å²) in [5, 5.41) is 2.95. The van der Waals surface area contributed by atoms with Crippen LogP contribution < -0.4 is 5.32 Å². The van der Waals surface area contributed by atoms with Crippen LogP contribution in [-0.4, -0.2) is 17.5 Å². The number of rotatable bonds is 7. The van der Waals surface area contributed by atoms with Gasteiger partial charge in [0.25, 0.3) is 0 Å². The molecule has 0 bridgehead atoms. The van der Waals surface area contributed by atoms with E-state index in [2.05, 4.69) is 10.3 Å². The highest BCUT2D eigenvalue weighted by Crippen LogP contribution is 2.25. The Morgan fingerprint density at radius 1 is 0.923 bits per heavy atom. The molecule has 0 saturated heterocycles. The summed E-state index contributed by atoms with van der Waals surface area (Å²) in [6.07, 6.45) is 3.19. The summed E-state index contributed by atoms with van der Waals surface area (Å²) in [6.45, 7) is 1.92. The van der Waals surface area contributed by atoms with Gasteiger partial charge in [0.1, 0.15) is 12.7 Å². The molecule has 0 saturated carbocycles. The maximum Gasteiger partial charge on any atom is 0.246 e. The third-order valence-electron chi connectivity index (χ3n) is 4.15. The van der Waals surface area contributed by atoms with E-state index >= 15 is 0 Å². The predicted molar refractivity (Wildman–Crippen MR) is 101 cm³/mol. The highest BCUT2D eigenvalue weighted by atomic mass is 16.5. The molecule has 4 nitrogen and oxygen atoms in total. The van der Waals surface area contributed by atoms with E-state index in [4.69, 9.17) is 4.74 Å². The molecule has 1 amide bonds. The standard InChI is InChI=1S/C22H22N2O2/c1-17(20-13-8-14-23-15-20)24-21(25)16-26-22(18-9-4-2-5-10-18)19-11-6-3-7-12-19/h2-15,17,22H,16H2,1H3,(H,24,25)/t17-/m1/s1. The van der Waals surface area contributed by atoms with Crippen LogP contribution in [0.1, 0.15) is 35.8 Å². The lowest BCUT2D eigenvalue weighted by Gasteiger charge is -2.20. The summed E-state index contributed by atoms with van der Waals surface area (Å²) in [5.41, 5.74) is 3.00. The number of carbonyl (C=O) groups excluding carboxylic acids is 1. The lowest BCUT2D eigenvalue weighted by Crippen LogP contribution is -2.31. The summed E-state index contributed by atoms with van der Waals surface area (Å²) in [5.74, 6) is -0.154. The highest BCUT2D eigenvalue weighted by molar-refractivity contribution is 5.77. The zero-order valence-electron chi connectivity index (χ0n) is 14.7. The van der Waals surface area contributed by atoms with Crippen LogP contribution in [0.4, 0.5) is 0 Å². The van der Waals surface area contributed by atoms with Gasteiger partial charge in [-0.05, 0) is 29.7 Å². The molecule has 3 aromatic rings. The highest BCUT2D eigenvalue weighted by Gasteiger charge is 2.17. The zero-order valence-corrected chi connectivity index (χ0v) is 14.7. The fraction of sp³-hybridized carbons (Fsp3) is 0.182. The van der Waals surface area contributed by atoms with E-state index in [-0.39, 0.29) is 24.7 Å². The van der Waals surface area contributed by atoms with Crippen LogP contribution in [0.15, 0.2) is 85.2 Å². The van der Waals surface area contributed by atoms with Crippen LogP contribution in [0.25, 0.3) is 0 Å². The summed E-state index contributed by atoms with van der Waals surface area (Å²) < 4.78 is 5.99. The molecule has 1 N–H and O–H groups in total. The molecular formula is C22H22N2O2. The van der Waals surface area contributed by atoms with Gasteiger partial charge in [0, 0.05) is 12.4 Å². The molecule has 4 heteroatoms. The molecule has 132 valence electrons. The van der Waals surface area contributed by atoms with Gasteiger partial charge >= 0.3 is 0 Å². The van der Waals surface area contributed by atoms with Crippen molar-refractivity contribution in [3.8, 4) is 0 Å². The minimum atomic E-state index is -0.281. The van der Waals surface area contributed by atoms with Crippen molar-refractivity contribution in [3.05, 3.63) is 102 Å². The molecule has 2 aromatic carbocycles. The van der Waals surface area contributed by atoms with Crippen LogP contribution in [-0.2, 0) is 9.53 Å². The average Bonchev–Trinajstić information content (AvgIpc) is 2.70. The van der Waals surface area contributed by atoms with Crippen molar-refractivity contribution in [2.75, 3.05) is 6.61 Å². The fourth-order valence-electron chi connectivity index (χ4n) is 2.80. The molecule has 0 aliphatic rings. The van der Waals surface area contributed by atoms with Gasteiger partial charge < -0.3 is 10.1 Å². The van der Waals surface area contributed by atoms with Gasteiger partial charge in [-0.3, -0.25) is 9.78 Å². The fourth-order valence-corrected chi connectivity index (χ4v) is 2.80. The first-order valence-corrected chi connectivity index (χ1v) is 8.65. The summed E-state index contributed by atoms with van der Waals surface area (Å²) in [7, 11) is 0. The lowest BCUT2D eigenvalue weighted by molar-refractivity contribution is -0.127. The molecule has 1 heterocycles. The van der Waals surface area contributed by atoms with E-state index in [0.29, 0.717) is 0 Å². The van der Waals surface area contributed by atoms with Crippen molar-refractivity contribution in [1.29, 1.82) is 0 Å². The Bertz CT molecular complexity index is 768. The summed E-state index contributed by atoms with van der Waals surface area (Å²) in [4.78, 5) is 16.4. The number of ether oxygens (including phenoxy) is 1. The number of aromatic nitrogens is 1. The molecule has 0 aliphatic carbocycles. The summed E-state index contributed by atoms with van der Waals surface area (Å²) in [6, 6.07) is 23.5. The van der Waals surface area contributed by atoms with Gasteiger partial charge in [0.05, 0.1) is 6.04 Å². The Hall–Kier alpha value is -2.98. The van der Waals surface area contributed by atoms with Gasteiger partial charge in [-0.15, -0.1) is 0 Å². The average molecular weight is 346 g/mol. The van der Waals surface area contributed by atoms with Gasteiger partial charge in [-0.2, -0.15) is 0 Å². The van der Waals surface area contributed by atoms with E-state index < -0.39 is 0 Å². The molecule has 26 heavy (non-hydrogen) atoms. The SMILES string of the molecule is C[C@@H](NC(=O)COC(c1ccccc1)c1ccccc1)c1cccnc1. The van der Waals surface area contributed by atoms with Crippen LogP contribution in [0, 0.1) is 0 Å². The van der Waals surface area contributed by atoms with Crippen molar-refractivity contribution < 1.29 is 9.53 Å². The number of benzene rings is 2. The van der Waals surface area contributed by atoms with Crippen molar-refractivity contribution in [1.82, 2.24) is 10.3 Å². The molecule has 1 aromatic heterocycles. The molecule has 3 rings (SSSR count). The van der Waals surface area contributed by atoms with Crippen molar-refractivity contribution in [3.63, 3.8) is 0 Å². The molecule has 0 aliphatic heterocycles. The van der Waals surface area contributed by atoms with Crippen molar-refractivity contribution in [2.45, 2.75) is 19.1 Å². The normalized spacial score (nSPS) is 11.9. The van der Waals surface area contributed by atoms with Gasteiger partial charge in [-0.25, -0.2) is 0 Å². The van der Waals surface area contributed by atoms with Gasteiger partial charge in [0.15, 0.2) is 0 Å². The van der Waals surface area contributed by atoms with Crippen LogP contribution in [0.2, 0.25) is 0 Å². The maximum atomic E-state index is 12.3. The number of nitrogens with zero attached hydrogens (tertiary/aromatic N) is 1. The predicted octanol–water partition coefficient (Wildman–Crippen LogP) is 4.07. The second-order valence-electron chi connectivity index (χ2n) is 6.09. The maximum absolute atomic E-state index is 12.3. The van der Waals surface area contributed by atoms with Crippen molar-refractivity contribution in [2.24, 2.45) is 0 Å². The smallest absolute Gasteiger partial charge is 0.246 e. The Morgan fingerprint density at radius 2 is 1.50 bits per heavy atom. The molecule has 0 unspecified atom stereocenters. The Labute approximate surface area is 153 Å². The minimum absolute atomic E-state index is 0.0148. The second kappa shape index (κ2) is 8.92. The summed E-state index contributed by atoms with van der Waals surface area (Å²) >= 11 is 0. The molecular weight excluding hydrogens is 324 g/mol. The van der Waals surface area contributed by atoms with E-state index in [9.17, 15) is 4.79 Å². The number of hydrogen-bond donors (Lipinski definition) is 1. The number of hydrogen-bond acceptors (Lipinski definition) is 3. The number of pyridine rings is 1. The second-order valence-corrected chi connectivity index (χ2v) is 6.09. The Balaban J connectivity index is 1.65. The van der Waals surface area contributed by atoms with E-state index in [1.165, 1.54) is 0 Å². The van der Waals surface area contributed by atoms with Gasteiger partial charge in [-0.1, -0.05) is 66.7 Å². The van der Waals surface area contributed by atoms with Gasteiger partial charge in [0.2, 0.25) is 5.91 Å². The molecule has 0 spiro atoms. The Morgan fingerprint density at radius 3 is 2.04 bits per heavy atom. The zero-order chi connectivity index (χ0) is 18.2. The first-order chi connectivity index (χ1) is 12.7. The molecule has 1 atom stereocenters. The third kappa shape index (κ3) is 4.77. The number of carbonyl (C=O) groups is 1.